The van der Waals surface area contributed by atoms with Gasteiger partial charge in [-0.3, -0.25) is 4.79 Å². The van der Waals surface area contributed by atoms with E-state index in [9.17, 15) is 4.79 Å². The summed E-state index contributed by atoms with van der Waals surface area (Å²) in [7, 11) is 1.66. The molecule has 1 aliphatic heterocycles. The lowest BCUT2D eigenvalue weighted by atomic mass is 10.0. The molecule has 2 aromatic rings. The number of methoxy groups -OCH3 is 1. The van der Waals surface area contributed by atoms with Crippen molar-refractivity contribution in [1.82, 2.24) is 0 Å². The second-order valence-electron chi connectivity index (χ2n) is 5.39. The third-order valence-corrected chi connectivity index (χ3v) is 5.08. The zero-order valence-corrected chi connectivity index (χ0v) is 14.5. The van der Waals surface area contributed by atoms with E-state index in [1.807, 2.05) is 47.4 Å². The number of hydrogen-bond acceptors (Lipinski definition) is 3. The van der Waals surface area contributed by atoms with Crippen LogP contribution in [0.5, 0.6) is 5.75 Å². The predicted molar refractivity (Wildman–Crippen MR) is 95.8 cm³/mol. The molecule has 1 aliphatic rings. The highest BCUT2D eigenvalue weighted by Crippen LogP contribution is 2.31. The lowest BCUT2D eigenvalue weighted by molar-refractivity contribution is -0.116. The number of hydrogen-bond donors (Lipinski definition) is 0. The fraction of sp³-hybridized carbons (Fsp3) is 0.278. The van der Waals surface area contributed by atoms with Gasteiger partial charge in [0.15, 0.2) is 0 Å². The molecule has 0 unspecified atom stereocenters. The Morgan fingerprint density at radius 1 is 1.30 bits per heavy atom. The average Bonchev–Trinajstić information content (AvgIpc) is 2.58. The van der Waals surface area contributed by atoms with E-state index in [0.717, 1.165) is 35.7 Å². The Balaban J connectivity index is 1.71. The number of thioether (sulfide) groups is 1. The van der Waals surface area contributed by atoms with Crippen LogP contribution in [0.4, 0.5) is 5.69 Å². The third kappa shape index (κ3) is 3.82. The number of ether oxygens (including phenoxy) is 1. The molecule has 0 N–H and O–H groups in total. The van der Waals surface area contributed by atoms with Gasteiger partial charge in [-0.2, -0.15) is 0 Å². The van der Waals surface area contributed by atoms with E-state index in [4.69, 9.17) is 16.3 Å². The van der Waals surface area contributed by atoms with Gasteiger partial charge in [0, 0.05) is 22.2 Å². The van der Waals surface area contributed by atoms with Crippen LogP contribution in [0.2, 0.25) is 5.02 Å². The number of aryl methyl sites for hydroxylation is 1. The van der Waals surface area contributed by atoms with Crippen molar-refractivity contribution < 1.29 is 9.53 Å². The molecule has 0 aliphatic carbocycles. The number of halogens is 1. The van der Waals surface area contributed by atoms with E-state index in [1.54, 1.807) is 7.11 Å². The number of anilines is 1. The van der Waals surface area contributed by atoms with E-state index < -0.39 is 0 Å². The third-order valence-electron chi connectivity index (χ3n) is 3.86. The lowest BCUT2D eigenvalue weighted by Crippen LogP contribution is -2.36. The number of rotatable bonds is 4. The Labute approximate surface area is 145 Å². The Morgan fingerprint density at radius 3 is 2.96 bits per heavy atom. The van der Waals surface area contributed by atoms with Gasteiger partial charge < -0.3 is 9.64 Å². The first-order valence-corrected chi connectivity index (χ1v) is 8.89. The van der Waals surface area contributed by atoms with E-state index in [0.29, 0.717) is 10.8 Å². The molecule has 1 amide bonds. The summed E-state index contributed by atoms with van der Waals surface area (Å²) in [5.41, 5.74) is 2.19. The van der Waals surface area contributed by atoms with Crippen LogP contribution in [0.1, 0.15) is 12.0 Å². The molecule has 0 radical (unpaired) electrons. The van der Waals surface area contributed by atoms with Gasteiger partial charge in [0.2, 0.25) is 5.91 Å². The average molecular weight is 348 g/mol. The summed E-state index contributed by atoms with van der Waals surface area (Å²) in [5.74, 6) is 1.37. The van der Waals surface area contributed by atoms with Crippen LogP contribution in [0.3, 0.4) is 0 Å². The van der Waals surface area contributed by atoms with Crippen LogP contribution in [-0.4, -0.2) is 25.3 Å². The van der Waals surface area contributed by atoms with Gasteiger partial charge in [0.1, 0.15) is 5.75 Å². The van der Waals surface area contributed by atoms with Crippen molar-refractivity contribution in [3.05, 3.63) is 53.1 Å². The van der Waals surface area contributed by atoms with Crippen LogP contribution >= 0.6 is 23.4 Å². The quantitative estimate of drug-likeness (QED) is 0.767. The normalized spacial score (nSPS) is 13.6. The van der Waals surface area contributed by atoms with Gasteiger partial charge in [-0.25, -0.2) is 0 Å². The number of carbonyl (C=O) groups excluding carboxylic acids is 1. The van der Waals surface area contributed by atoms with Crippen molar-refractivity contribution in [2.75, 3.05) is 24.3 Å². The molecular formula is C18H18ClNO2S. The van der Waals surface area contributed by atoms with Gasteiger partial charge in [0.25, 0.3) is 0 Å². The molecule has 3 nitrogen and oxygen atoms in total. The van der Waals surface area contributed by atoms with Crippen LogP contribution in [0.15, 0.2) is 47.4 Å². The maximum absolute atomic E-state index is 12.6. The van der Waals surface area contributed by atoms with Crippen LogP contribution in [0, 0.1) is 0 Å². The second kappa shape index (κ2) is 7.28. The fourth-order valence-corrected chi connectivity index (χ4v) is 3.83. The number of fused-ring (bicyclic) bond motifs is 1. The highest BCUT2D eigenvalue weighted by atomic mass is 35.5. The molecule has 1 heterocycles. The largest absolute Gasteiger partial charge is 0.497 e. The molecule has 0 saturated carbocycles. The Morgan fingerprint density at radius 2 is 2.17 bits per heavy atom. The summed E-state index contributed by atoms with van der Waals surface area (Å²) in [5, 5.41) is 0.692. The topological polar surface area (TPSA) is 29.5 Å². The van der Waals surface area contributed by atoms with Crippen molar-refractivity contribution in [3.8, 4) is 5.75 Å². The standard InChI is InChI=1S/C18H18ClNO2S/c1-22-15-7-8-17-13(10-15)4-3-9-20(17)18(21)12-23-16-6-2-5-14(19)11-16/h2,5-8,10-11H,3-4,9,12H2,1H3. The van der Waals surface area contributed by atoms with Crippen LogP contribution in [-0.2, 0) is 11.2 Å². The van der Waals surface area contributed by atoms with E-state index in [-0.39, 0.29) is 5.91 Å². The van der Waals surface area contributed by atoms with Crippen molar-refractivity contribution in [1.29, 1.82) is 0 Å². The van der Waals surface area contributed by atoms with Gasteiger partial charge in [-0.1, -0.05) is 17.7 Å². The molecule has 0 fully saturated rings. The first kappa shape index (κ1) is 16.2. The van der Waals surface area contributed by atoms with E-state index >= 15 is 0 Å². The number of nitrogens with zero attached hydrogens (tertiary/aromatic N) is 1. The number of amides is 1. The molecule has 5 heteroatoms. The van der Waals surface area contributed by atoms with Gasteiger partial charge in [0.05, 0.1) is 12.9 Å². The molecule has 0 bridgehead atoms. The summed E-state index contributed by atoms with van der Waals surface area (Å²) < 4.78 is 5.27. The molecule has 0 spiro atoms. The smallest absolute Gasteiger partial charge is 0.237 e. The van der Waals surface area contributed by atoms with Gasteiger partial charge in [-0.05, 0) is 54.8 Å². The summed E-state index contributed by atoms with van der Waals surface area (Å²) in [6.45, 7) is 0.772. The molecule has 2 aromatic carbocycles. The van der Waals surface area contributed by atoms with Crippen molar-refractivity contribution >= 4 is 35.0 Å². The minimum Gasteiger partial charge on any atom is -0.497 e. The molecule has 120 valence electrons. The first-order chi connectivity index (χ1) is 11.2. The molecule has 3 rings (SSSR count). The zero-order valence-electron chi connectivity index (χ0n) is 12.9. The van der Waals surface area contributed by atoms with Crippen molar-refractivity contribution in [2.45, 2.75) is 17.7 Å². The van der Waals surface area contributed by atoms with Crippen molar-refractivity contribution in [2.24, 2.45) is 0 Å². The van der Waals surface area contributed by atoms with E-state index in [2.05, 4.69) is 0 Å². The summed E-state index contributed by atoms with van der Waals surface area (Å²) >= 11 is 7.50. The fourth-order valence-electron chi connectivity index (χ4n) is 2.74. The first-order valence-electron chi connectivity index (χ1n) is 7.53. The lowest BCUT2D eigenvalue weighted by Gasteiger charge is -2.29. The Kier molecular flexibility index (Phi) is 5.13. The monoisotopic (exact) mass is 347 g/mol. The highest BCUT2D eigenvalue weighted by Gasteiger charge is 2.22. The molecule has 0 aromatic heterocycles. The summed E-state index contributed by atoms with van der Waals surface area (Å²) in [6, 6.07) is 13.5. The molecular weight excluding hydrogens is 330 g/mol. The van der Waals surface area contributed by atoms with E-state index in [1.165, 1.54) is 17.3 Å². The minimum atomic E-state index is 0.126. The maximum Gasteiger partial charge on any atom is 0.237 e. The predicted octanol–water partition coefficient (Wildman–Crippen LogP) is 4.42. The highest BCUT2D eigenvalue weighted by molar-refractivity contribution is 8.00. The van der Waals surface area contributed by atoms with Crippen LogP contribution in [0.25, 0.3) is 0 Å². The van der Waals surface area contributed by atoms with Gasteiger partial charge in [-0.15, -0.1) is 11.8 Å². The maximum atomic E-state index is 12.6. The number of carbonyl (C=O) groups is 1. The number of benzene rings is 2. The SMILES string of the molecule is COc1ccc2c(c1)CCCN2C(=O)CSc1cccc(Cl)c1. The minimum absolute atomic E-state index is 0.126. The van der Waals surface area contributed by atoms with Crippen molar-refractivity contribution in [3.63, 3.8) is 0 Å². The zero-order chi connectivity index (χ0) is 16.2. The van der Waals surface area contributed by atoms with Crippen LogP contribution < -0.4 is 9.64 Å². The Hall–Kier alpha value is -1.65. The molecule has 0 atom stereocenters. The second-order valence-corrected chi connectivity index (χ2v) is 6.87. The molecule has 23 heavy (non-hydrogen) atoms. The Bertz CT molecular complexity index is 720. The molecule has 0 saturated heterocycles. The van der Waals surface area contributed by atoms with Gasteiger partial charge >= 0.3 is 0 Å². The summed E-state index contributed by atoms with van der Waals surface area (Å²) in [6.07, 6.45) is 1.96. The summed E-state index contributed by atoms with van der Waals surface area (Å²) in [4.78, 5) is 15.5.